The van der Waals surface area contributed by atoms with Crippen molar-refractivity contribution in [3.8, 4) is 0 Å². The molecule has 0 radical (unpaired) electrons. The molecule has 0 spiro atoms. The number of Topliss-reactive ketones (excluding diaryl/α,β-unsaturated/α-hetero) is 1. The van der Waals surface area contributed by atoms with Crippen molar-refractivity contribution < 1.29 is 14.8 Å². The number of β-lactam (4-membered cyclic amide) rings is 1. The number of carbonyl (C=O) groups excluding carboxylic acids is 2. The number of nitrogens with zero attached hydrogens (tertiary/aromatic N) is 2. The number of fused-ring (bicyclic) bond motifs is 1. The van der Waals surface area contributed by atoms with Crippen LogP contribution in [0.4, 0.5) is 0 Å². The van der Waals surface area contributed by atoms with Crippen molar-refractivity contribution in [2.24, 2.45) is 11.1 Å². The van der Waals surface area contributed by atoms with E-state index in [1.165, 1.54) is 6.21 Å². The van der Waals surface area contributed by atoms with Crippen LogP contribution in [0.2, 0.25) is 0 Å². The fourth-order valence-electron chi connectivity index (χ4n) is 3.30. The van der Waals surface area contributed by atoms with Crippen LogP contribution in [0.25, 0.3) is 0 Å². The average Bonchev–Trinajstić information content (AvgIpc) is 2.76. The molecule has 1 N–H and O–H groups in total. The molecule has 7 heteroatoms. The van der Waals surface area contributed by atoms with Gasteiger partial charge in [0.2, 0.25) is 5.91 Å². The number of halogens is 1. The monoisotopic (exact) mass is 396 g/mol. The van der Waals surface area contributed by atoms with E-state index in [1.54, 1.807) is 40.9 Å². The Morgan fingerprint density at radius 2 is 2.17 bits per heavy atom. The highest BCUT2D eigenvalue weighted by molar-refractivity contribution is 9.09. The maximum atomic E-state index is 13.1. The van der Waals surface area contributed by atoms with Crippen molar-refractivity contribution in [2.75, 3.05) is 5.33 Å². The topological polar surface area (TPSA) is 70.0 Å². The highest BCUT2D eigenvalue weighted by Crippen LogP contribution is 2.54. The summed E-state index contributed by atoms with van der Waals surface area (Å²) in [5.74, 6) is -0.148. The molecule has 2 heterocycles. The zero-order valence-corrected chi connectivity index (χ0v) is 15.2. The lowest BCUT2D eigenvalue weighted by molar-refractivity contribution is -0.150. The summed E-state index contributed by atoms with van der Waals surface area (Å²) in [7, 11) is 0. The van der Waals surface area contributed by atoms with Crippen molar-refractivity contribution in [3.63, 3.8) is 0 Å². The minimum Gasteiger partial charge on any atom is -0.411 e. The van der Waals surface area contributed by atoms with Gasteiger partial charge >= 0.3 is 0 Å². The number of alkyl halides is 1. The molecular formula is C16H17BrN2O3S. The largest absolute Gasteiger partial charge is 0.411 e. The van der Waals surface area contributed by atoms with Gasteiger partial charge in [-0.3, -0.25) is 9.59 Å². The van der Waals surface area contributed by atoms with Crippen LogP contribution in [-0.4, -0.2) is 49.5 Å². The Morgan fingerprint density at radius 3 is 2.83 bits per heavy atom. The molecule has 1 aromatic rings. The normalized spacial score (nSPS) is 28.7. The zero-order chi connectivity index (χ0) is 16.8. The van der Waals surface area contributed by atoms with E-state index in [4.69, 9.17) is 5.21 Å². The summed E-state index contributed by atoms with van der Waals surface area (Å²) >= 11 is 5.06. The molecule has 0 aliphatic carbocycles. The molecule has 2 aliphatic rings. The van der Waals surface area contributed by atoms with Gasteiger partial charge in [0.25, 0.3) is 0 Å². The Hall–Kier alpha value is -1.34. The van der Waals surface area contributed by atoms with Gasteiger partial charge in [-0.05, 0) is 13.8 Å². The maximum Gasteiger partial charge on any atom is 0.231 e. The molecule has 122 valence electrons. The summed E-state index contributed by atoms with van der Waals surface area (Å²) < 4.78 is -0.363. The van der Waals surface area contributed by atoms with Gasteiger partial charge in [0.1, 0.15) is 6.04 Å². The van der Waals surface area contributed by atoms with Gasteiger partial charge < -0.3 is 10.1 Å². The molecule has 23 heavy (non-hydrogen) atoms. The summed E-state index contributed by atoms with van der Waals surface area (Å²) in [6.45, 7) is 4.00. The minimum atomic E-state index is -0.506. The maximum absolute atomic E-state index is 13.1. The van der Waals surface area contributed by atoms with E-state index in [9.17, 15) is 9.59 Å². The Morgan fingerprint density at radius 1 is 1.48 bits per heavy atom. The van der Waals surface area contributed by atoms with E-state index in [2.05, 4.69) is 21.1 Å². The first kappa shape index (κ1) is 16.5. The van der Waals surface area contributed by atoms with Crippen molar-refractivity contribution in [1.29, 1.82) is 0 Å². The Balaban J connectivity index is 1.98. The summed E-state index contributed by atoms with van der Waals surface area (Å²) in [4.78, 5) is 27.2. The van der Waals surface area contributed by atoms with Gasteiger partial charge in [-0.2, -0.15) is 0 Å². The van der Waals surface area contributed by atoms with Gasteiger partial charge in [-0.25, -0.2) is 0 Å². The van der Waals surface area contributed by atoms with E-state index in [-0.39, 0.29) is 27.7 Å². The van der Waals surface area contributed by atoms with Gasteiger partial charge in [-0.15, -0.1) is 11.8 Å². The van der Waals surface area contributed by atoms with E-state index in [0.717, 1.165) is 0 Å². The minimum absolute atomic E-state index is 0.0246. The molecule has 0 aromatic heterocycles. The number of oxime groups is 1. The number of carbonyl (C=O) groups is 2. The molecule has 1 aromatic carbocycles. The summed E-state index contributed by atoms with van der Waals surface area (Å²) in [5, 5.41) is 12.5. The standard InChI is InChI=1S/C16H17BrN2O3S/c1-16(2)13(19-14(21)11(7-17)15(19)23-16)12(20)10-6-4-3-5-9(10)8-18-22/h3-6,8,11,13,15,22H,7H2,1-2H3/b18-8+/t11-,13+,15-/m1/s1. The van der Waals surface area contributed by atoms with Gasteiger partial charge in [0.05, 0.1) is 17.5 Å². The van der Waals surface area contributed by atoms with Crippen LogP contribution in [0.15, 0.2) is 29.4 Å². The van der Waals surface area contributed by atoms with E-state index >= 15 is 0 Å². The number of hydrogen-bond acceptors (Lipinski definition) is 5. The fourth-order valence-corrected chi connectivity index (χ4v) is 5.87. The molecule has 5 nitrogen and oxygen atoms in total. The van der Waals surface area contributed by atoms with Crippen LogP contribution in [0.1, 0.15) is 29.8 Å². The van der Waals surface area contributed by atoms with Gasteiger partial charge in [-0.1, -0.05) is 45.4 Å². The number of hydrogen-bond donors (Lipinski definition) is 1. The van der Waals surface area contributed by atoms with Crippen molar-refractivity contribution in [3.05, 3.63) is 35.4 Å². The van der Waals surface area contributed by atoms with E-state index in [1.807, 2.05) is 13.8 Å². The first-order valence-electron chi connectivity index (χ1n) is 7.29. The zero-order valence-electron chi connectivity index (χ0n) is 12.8. The molecule has 0 unspecified atom stereocenters. The van der Waals surface area contributed by atoms with Crippen molar-refractivity contribution in [1.82, 2.24) is 4.90 Å². The smallest absolute Gasteiger partial charge is 0.231 e. The molecule has 0 saturated carbocycles. The predicted molar refractivity (Wildman–Crippen MR) is 93.5 cm³/mol. The van der Waals surface area contributed by atoms with Gasteiger partial charge in [0, 0.05) is 21.2 Å². The second-order valence-electron chi connectivity index (χ2n) is 6.22. The van der Waals surface area contributed by atoms with Crippen molar-refractivity contribution >= 4 is 45.6 Å². The quantitative estimate of drug-likeness (QED) is 0.212. The molecule has 0 bridgehead atoms. The number of benzene rings is 1. The van der Waals surface area contributed by atoms with Crippen LogP contribution in [0.3, 0.4) is 0 Å². The highest BCUT2D eigenvalue weighted by Gasteiger charge is 2.62. The summed E-state index contributed by atoms with van der Waals surface area (Å²) in [6, 6.07) is 6.47. The fraction of sp³-hybridized carbons (Fsp3) is 0.438. The molecule has 3 atom stereocenters. The molecule has 1 amide bonds. The third-order valence-corrected chi connectivity index (χ3v) is 6.71. The highest BCUT2D eigenvalue weighted by atomic mass is 79.9. The average molecular weight is 397 g/mol. The third kappa shape index (κ3) is 2.50. The number of amides is 1. The summed E-state index contributed by atoms with van der Waals surface area (Å²) in [6.07, 6.45) is 1.25. The first-order valence-corrected chi connectivity index (χ1v) is 9.29. The lowest BCUT2D eigenvalue weighted by atomic mass is 9.87. The van der Waals surface area contributed by atoms with Crippen LogP contribution in [-0.2, 0) is 4.79 Å². The van der Waals surface area contributed by atoms with E-state index in [0.29, 0.717) is 16.5 Å². The molecule has 2 aliphatic heterocycles. The van der Waals surface area contributed by atoms with E-state index < -0.39 is 6.04 Å². The van der Waals surface area contributed by atoms with Crippen LogP contribution in [0.5, 0.6) is 0 Å². The number of thioether (sulfide) groups is 1. The molecular weight excluding hydrogens is 380 g/mol. The van der Waals surface area contributed by atoms with Crippen LogP contribution in [0, 0.1) is 5.92 Å². The van der Waals surface area contributed by atoms with Crippen molar-refractivity contribution in [2.45, 2.75) is 30.0 Å². The second kappa shape index (κ2) is 5.94. The second-order valence-corrected chi connectivity index (χ2v) is 8.64. The predicted octanol–water partition coefficient (Wildman–Crippen LogP) is 2.75. The lowest BCUT2D eigenvalue weighted by Gasteiger charge is -2.43. The Labute approximate surface area is 147 Å². The Bertz CT molecular complexity index is 692. The summed E-state index contributed by atoms with van der Waals surface area (Å²) in [5.41, 5.74) is 1.02. The third-order valence-electron chi connectivity index (χ3n) is 4.39. The first-order chi connectivity index (χ1) is 10.9. The Kier molecular flexibility index (Phi) is 4.27. The SMILES string of the molecule is CC1(C)S[C@@H]2[C@H](CBr)C(=O)N2[C@H]1C(=O)c1ccccc1/C=N/O. The molecule has 2 saturated heterocycles. The number of ketones is 1. The molecule has 3 rings (SSSR count). The number of rotatable bonds is 4. The lowest BCUT2D eigenvalue weighted by Crippen LogP contribution is -2.63. The van der Waals surface area contributed by atoms with Gasteiger partial charge in [0.15, 0.2) is 5.78 Å². The van der Waals surface area contributed by atoms with Crippen LogP contribution >= 0.6 is 27.7 Å². The molecule has 2 fully saturated rings. The van der Waals surface area contributed by atoms with Crippen LogP contribution < -0.4 is 0 Å².